The zero-order valence-corrected chi connectivity index (χ0v) is 7.35. The fraction of sp³-hybridized carbons (Fsp3) is 0.100. The second kappa shape index (κ2) is 3.94. The average molecular weight is 179 g/mol. The van der Waals surface area contributed by atoms with Gasteiger partial charge in [-0.1, -0.05) is 29.7 Å². The van der Waals surface area contributed by atoms with Crippen LogP contribution in [0.2, 0.25) is 5.02 Å². The second-order valence-corrected chi connectivity index (χ2v) is 2.59. The number of halogens is 1. The molecule has 0 heterocycles. The van der Waals surface area contributed by atoms with E-state index < -0.39 is 0 Å². The van der Waals surface area contributed by atoms with E-state index >= 15 is 0 Å². The predicted molar refractivity (Wildman–Crippen MR) is 49.2 cm³/mol. The molecule has 0 aliphatic carbocycles. The first-order valence-electron chi connectivity index (χ1n) is 3.47. The minimum Gasteiger partial charge on any atom is -0.279 e. The Morgan fingerprint density at radius 3 is 2.67 bits per heavy atom. The quantitative estimate of drug-likeness (QED) is 0.367. The third-order valence-corrected chi connectivity index (χ3v) is 1.69. The predicted octanol–water partition coefficient (Wildman–Crippen LogP) is 2.55. The Balaban J connectivity index is 3.08. The van der Waals surface area contributed by atoms with Gasteiger partial charge in [-0.25, -0.2) is 0 Å². The summed E-state index contributed by atoms with van der Waals surface area (Å²) in [4.78, 5) is 11.2. The SMILES string of the molecule is CC#CC(=O)c1ccccc1Cl. The summed E-state index contributed by atoms with van der Waals surface area (Å²) >= 11 is 5.77. The van der Waals surface area contributed by atoms with Crippen LogP contribution in [-0.2, 0) is 0 Å². The Hall–Kier alpha value is -1.26. The fourth-order valence-electron chi connectivity index (χ4n) is 0.826. The van der Waals surface area contributed by atoms with Crippen LogP contribution < -0.4 is 0 Å². The molecule has 1 rings (SSSR count). The zero-order chi connectivity index (χ0) is 8.97. The van der Waals surface area contributed by atoms with Crippen LogP contribution >= 0.6 is 11.6 Å². The molecular weight excluding hydrogens is 172 g/mol. The van der Waals surface area contributed by atoms with Gasteiger partial charge in [0.05, 0.1) is 5.02 Å². The minimum absolute atomic E-state index is 0.233. The van der Waals surface area contributed by atoms with Gasteiger partial charge in [-0.05, 0) is 25.0 Å². The molecule has 0 aliphatic heterocycles. The van der Waals surface area contributed by atoms with Crippen LogP contribution in [0.15, 0.2) is 24.3 Å². The lowest BCUT2D eigenvalue weighted by Gasteiger charge is -1.95. The lowest BCUT2D eigenvalue weighted by Crippen LogP contribution is -1.94. The molecule has 0 aromatic heterocycles. The molecule has 0 unspecified atom stereocenters. The van der Waals surface area contributed by atoms with E-state index in [0.29, 0.717) is 10.6 Å². The maximum absolute atomic E-state index is 11.2. The Morgan fingerprint density at radius 1 is 1.42 bits per heavy atom. The molecule has 0 aliphatic rings. The van der Waals surface area contributed by atoms with Gasteiger partial charge in [0.2, 0.25) is 5.78 Å². The average Bonchev–Trinajstić information content (AvgIpc) is 2.05. The maximum Gasteiger partial charge on any atom is 0.237 e. The van der Waals surface area contributed by atoms with E-state index in [2.05, 4.69) is 11.8 Å². The van der Waals surface area contributed by atoms with E-state index in [4.69, 9.17) is 11.6 Å². The number of hydrogen-bond donors (Lipinski definition) is 0. The molecule has 1 aromatic carbocycles. The number of carbonyl (C=O) groups excluding carboxylic acids is 1. The summed E-state index contributed by atoms with van der Waals surface area (Å²) in [5, 5.41) is 0.449. The number of Topliss-reactive ketones (excluding diaryl/α,β-unsaturated/α-hetero) is 1. The van der Waals surface area contributed by atoms with Gasteiger partial charge >= 0.3 is 0 Å². The van der Waals surface area contributed by atoms with Crippen LogP contribution in [0.4, 0.5) is 0 Å². The van der Waals surface area contributed by atoms with Crippen molar-refractivity contribution in [1.29, 1.82) is 0 Å². The van der Waals surface area contributed by atoms with Crippen molar-refractivity contribution in [3.63, 3.8) is 0 Å². The summed E-state index contributed by atoms with van der Waals surface area (Å²) < 4.78 is 0. The molecule has 0 saturated heterocycles. The second-order valence-electron chi connectivity index (χ2n) is 2.18. The van der Waals surface area contributed by atoms with Gasteiger partial charge in [-0.15, -0.1) is 0 Å². The minimum atomic E-state index is -0.233. The molecule has 60 valence electrons. The standard InChI is InChI=1S/C10H7ClO/c1-2-5-10(12)8-6-3-4-7-9(8)11/h3-4,6-7H,1H3. The van der Waals surface area contributed by atoms with Crippen LogP contribution in [-0.4, -0.2) is 5.78 Å². The van der Waals surface area contributed by atoms with Crippen molar-refractivity contribution in [2.75, 3.05) is 0 Å². The Bertz CT molecular complexity index is 358. The van der Waals surface area contributed by atoms with Crippen LogP contribution in [0.3, 0.4) is 0 Å². The summed E-state index contributed by atoms with van der Waals surface area (Å²) in [6.45, 7) is 1.62. The van der Waals surface area contributed by atoms with E-state index in [9.17, 15) is 4.79 Å². The van der Waals surface area contributed by atoms with E-state index in [1.165, 1.54) is 0 Å². The molecule has 0 spiro atoms. The monoisotopic (exact) mass is 178 g/mol. The third-order valence-electron chi connectivity index (χ3n) is 1.36. The first-order chi connectivity index (χ1) is 5.75. The van der Waals surface area contributed by atoms with E-state index in [1.807, 2.05) is 0 Å². The van der Waals surface area contributed by atoms with Crippen molar-refractivity contribution >= 4 is 17.4 Å². The van der Waals surface area contributed by atoms with Gasteiger partial charge < -0.3 is 0 Å². The highest BCUT2D eigenvalue weighted by atomic mass is 35.5. The van der Waals surface area contributed by atoms with Crippen LogP contribution in [0.5, 0.6) is 0 Å². The van der Waals surface area contributed by atoms with Gasteiger partial charge in [0, 0.05) is 5.56 Å². The van der Waals surface area contributed by atoms with Gasteiger partial charge in [0.15, 0.2) is 0 Å². The number of ketones is 1. The number of carbonyl (C=O) groups is 1. The molecule has 0 atom stereocenters. The van der Waals surface area contributed by atoms with Crippen LogP contribution in [0, 0.1) is 11.8 Å². The number of benzene rings is 1. The lowest BCUT2D eigenvalue weighted by molar-refractivity contribution is 0.105. The van der Waals surface area contributed by atoms with E-state index in [0.717, 1.165) is 0 Å². The lowest BCUT2D eigenvalue weighted by atomic mass is 10.1. The highest BCUT2D eigenvalue weighted by molar-refractivity contribution is 6.35. The summed E-state index contributed by atoms with van der Waals surface area (Å²) in [5.41, 5.74) is 0.466. The summed E-state index contributed by atoms with van der Waals surface area (Å²) in [6.07, 6.45) is 0. The van der Waals surface area contributed by atoms with Gasteiger partial charge in [0.1, 0.15) is 0 Å². The first kappa shape index (κ1) is 8.83. The summed E-state index contributed by atoms with van der Waals surface area (Å²) in [7, 11) is 0. The van der Waals surface area contributed by atoms with E-state index in [-0.39, 0.29) is 5.78 Å². The zero-order valence-electron chi connectivity index (χ0n) is 6.60. The molecule has 0 radical (unpaired) electrons. The summed E-state index contributed by atoms with van der Waals surface area (Å²) in [5.74, 6) is 4.73. The normalized spacial score (nSPS) is 8.50. The van der Waals surface area contributed by atoms with Crippen LogP contribution in [0.25, 0.3) is 0 Å². The Kier molecular flexibility index (Phi) is 2.90. The topological polar surface area (TPSA) is 17.1 Å². The maximum atomic E-state index is 11.2. The van der Waals surface area contributed by atoms with Gasteiger partial charge in [0.25, 0.3) is 0 Å². The highest BCUT2D eigenvalue weighted by Gasteiger charge is 2.04. The molecule has 0 fully saturated rings. The number of hydrogen-bond acceptors (Lipinski definition) is 1. The van der Waals surface area contributed by atoms with Crippen LogP contribution in [0.1, 0.15) is 17.3 Å². The van der Waals surface area contributed by atoms with E-state index in [1.54, 1.807) is 31.2 Å². The Labute approximate surface area is 76.4 Å². The van der Waals surface area contributed by atoms with Crippen molar-refractivity contribution in [3.8, 4) is 11.8 Å². The van der Waals surface area contributed by atoms with Crippen molar-refractivity contribution in [2.24, 2.45) is 0 Å². The molecule has 1 nitrogen and oxygen atoms in total. The van der Waals surface area contributed by atoms with Crippen molar-refractivity contribution in [2.45, 2.75) is 6.92 Å². The smallest absolute Gasteiger partial charge is 0.237 e. The highest BCUT2D eigenvalue weighted by Crippen LogP contribution is 2.14. The van der Waals surface area contributed by atoms with Crippen molar-refractivity contribution < 1.29 is 4.79 Å². The fourth-order valence-corrected chi connectivity index (χ4v) is 1.05. The summed E-state index contributed by atoms with van der Waals surface area (Å²) in [6, 6.07) is 6.87. The first-order valence-corrected chi connectivity index (χ1v) is 3.85. The largest absolute Gasteiger partial charge is 0.279 e. The van der Waals surface area contributed by atoms with Gasteiger partial charge in [-0.3, -0.25) is 4.79 Å². The van der Waals surface area contributed by atoms with Crippen molar-refractivity contribution in [1.82, 2.24) is 0 Å². The molecule has 1 aromatic rings. The molecule has 2 heteroatoms. The molecule has 0 bridgehead atoms. The van der Waals surface area contributed by atoms with Crippen molar-refractivity contribution in [3.05, 3.63) is 34.9 Å². The molecule has 0 amide bonds. The number of rotatable bonds is 1. The molecule has 0 N–H and O–H groups in total. The van der Waals surface area contributed by atoms with Gasteiger partial charge in [-0.2, -0.15) is 0 Å². The molecule has 0 saturated carbocycles. The third kappa shape index (κ3) is 1.87. The molecular formula is C10H7ClO. The molecule has 12 heavy (non-hydrogen) atoms. The Morgan fingerprint density at radius 2 is 2.08 bits per heavy atom.